The minimum atomic E-state index is -4.83. The van der Waals surface area contributed by atoms with Gasteiger partial charge in [0, 0.05) is 24.2 Å². The molecular formula is C21H21F3N2O5. The summed E-state index contributed by atoms with van der Waals surface area (Å²) in [6, 6.07) is 5.79. The van der Waals surface area contributed by atoms with E-state index in [9.17, 15) is 32.7 Å². The third-order valence-electron chi connectivity index (χ3n) is 4.92. The molecule has 0 bridgehead atoms. The van der Waals surface area contributed by atoms with Crippen LogP contribution in [0.3, 0.4) is 0 Å². The van der Waals surface area contributed by atoms with E-state index in [0.717, 1.165) is 12.1 Å². The standard InChI is InChI=1S/C21H21F3N2O5/c1-20(2)8-15-13(16(27)9-20)7-14(19(30)26-15)18(29)25-10-17(28)11-3-5-12(6-4-11)31-21(22,23)24/h3-7,17,28H,8-10H2,1-2H3,(H,25,29)(H,26,30). The molecule has 0 saturated carbocycles. The number of pyridine rings is 1. The SMILES string of the molecule is CC1(C)CC(=O)c2cc(C(=O)NCC(O)c3ccc(OC(F)(F)F)cc3)c(=O)[nH]c2C1. The summed E-state index contributed by atoms with van der Waals surface area (Å²) in [7, 11) is 0. The third-order valence-corrected chi connectivity index (χ3v) is 4.92. The molecule has 2 aromatic rings. The van der Waals surface area contributed by atoms with E-state index in [-0.39, 0.29) is 28.9 Å². The number of carbonyl (C=O) groups excluding carboxylic acids is 2. The van der Waals surface area contributed by atoms with E-state index in [1.807, 2.05) is 13.8 Å². The van der Waals surface area contributed by atoms with Gasteiger partial charge in [0.2, 0.25) is 0 Å². The second-order valence-electron chi connectivity index (χ2n) is 8.19. The second-order valence-corrected chi connectivity index (χ2v) is 8.19. The Hall–Kier alpha value is -3.14. The molecule has 10 heteroatoms. The van der Waals surface area contributed by atoms with E-state index in [1.54, 1.807) is 0 Å². The number of fused-ring (bicyclic) bond motifs is 1. The monoisotopic (exact) mass is 438 g/mol. The number of Topliss-reactive ketones (excluding diaryl/α,β-unsaturated/α-hetero) is 1. The molecule has 1 aliphatic rings. The zero-order chi connectivity index (χ0) is 23.0. The number of carbonyl (C=O) groups is 2. The van der Waals surface area contributed by atoms with Crippen LogP contribution in [-0.4, -0.2) is 34.7 Å². The molecule has 0 radical (unpaired) electrons. The molecule has 1 heterocycles. The highest BCUT2D eigenvalue weighted by Crippen LogP contribution is 2.33. The number of ether oxygens (including phenoxy) is 1. The molecule has 1 atom stereocenters. The number of hydrogen-bond donors (Lipinski definition) is 3. The first-order valence-electron chi connectivity index (χ1n) is 9.46. The summed E-state index contributed by atoms with van der Waals surface area (Å²) >= 11 is 0. The van der Waals surface area contributed by atoms with Crippen LogP contribution in [-0.2, 0) is 6.42 Å². The second kappa shape index (κ2) is 8.18. The van der Waals surface area contributed by atoms with Gasteiger partial charge in [0.05, 0.1) is 6.10 Å². The summed E-state index contributed by atoms with van der Waals surface area (Å²) in [5.41, 5.74) is -0.167. The molecule has 1 amide bonds. The molecule has 1 aliphatic carbocycles. The summed E-state index contributed by atoms with van der Waals surface area (Å²) in [6.07, 6.45) is -5.27. The number of aliphatic hydroxyl groups is 1. The van der Waals surface area contributed by atoms with Crippen LogP contribution in [0, 0.1) is 5.41 Å². The fourth-order valence-corrected chi connectivity index (χ4v) is 3.49. The number of aromatic nitrogens is 1. The van der Waals surface area contributed by atoms with Crippen LogP contribution in [0.1, 0.15) is 58.3 Å². The normalized spacial score (nSPS) is 16.4. The summed E-state index contributed by atoms with van der Waals surface area (Å²) in [4.78, 5) is 39.7. The summed E-state index contributed by atoms with van der Waals surface area (Å²) in [5.74, 6) is -1.39. The van der Waals surface area contributed by atoms with Crippen LogP contribution >= 0.6 is 0 Å². The van der Waals surface area contributed by atoms with Crippen LogP contribution in [0.5, 0.6) is 5.75 Å². The maximum atomic E-state index is 12.4. The van der Waals surface area contributed by atoms with E-state index in [1.165, 1.54) is 18.2 Å². The number of aliphatic hydroxyl groups excluding tert-OH is 1. The van der Waals surface area contributed by atoms with Gasteiger partial charge >= 0.3 is 6.36 Å². The van der Waals surface area contributed by atoms with Gasteiger partial charge in [-0.15, -0.1) is 13.2 Å². The predicted octanol–water partition coefficient (Wildman–Crippen LogP) is 2.89. The first-order valence-corrected chi connectivity index (χ1v) is 9.46. The fourth-order valence-electron chi connectivity index (χ4n) is 3.49. The Morgan fingerprint density at radius 2 is 1.87 bits per heavy atom. The number of ketones is 1. The molecule has 31 heavy (non-hydrogen) atoms. The molecule has 7 nitrogen and oxygen atoms in total. The molecule has 0 saturated heterocycles. The first kappa shape index (κ1) is 22.5. The van der Waals surface area contributed by atoms with Crippen molar-refractivity contribution < 1.29 is 32.6 Å². The van der Waals surface area contributed by atoms with Crippen molar-refractivity contribution in [1.82, 2.24) is 10.3 Å². The number of aromatic amines is 1. The molecule has 0 spiro atoms. The van der Waals surface area contributed by atoms with Gasteiger partial charge in [-0.25, -0.2) is 0 Å². The highest BCUT2D eigenvalue weighted by Gasteiger charge is 2.33. The van der Waals surface area contributed by atoms with Crippen molar-refractivity contribution in [2.75, 3.05) is 6.54 Å². The van der Waals surface area contributed by atoms with E-state index in [4.69, 9.17) is 0 Å². The average Bonchev–Trinajstić information content (AvgIpc) is 2.63. The average molecular weight is 438 g/mol. The van der Waals surface area contributed by atoms with Gasteiger partial charge in [0.25, 0.3) is 11.5 Å². The molecule has 166 valence electrons. The lowest BCUT2D eigenvalue weighted by atomic mass is 9.75. The van der Waals surface area contributed by atoms with Crippen LogP contribution in [0.2, 0.25) is 0 Å². The molecular weight excluding hydrogens is 417 g/mol. The topological polar surface area (TPSA) is 108 Å². The van der Waals surface area contributed by atoms with Crippen LogP contribution in [0.15, 0.2) is 35.1 Å². The van der Waals surface area contributed by atoms with Crippen molar-refractivity contribution in [3.8, 4) is 5.75 Å². The highest BCUT2D eigenvalue weighted by molar-refractivity contribution is 6.02. The third kappa shape index (κ3) is 5.52. The molecule has 1 aromatic heterocycles. The maximum absolute atomic E-state index is 12.4. The lowest BCUT2D eigenvalue weighted by Gasteiger charge is -2.29. The number of H-pyrrole nitrogens is 1. The number of rotatable bonds is 5. The molecule has 1 unspecified atom stereocenters. The van der Waals surface area contributed by atoms with Crippen molar-refractivity contribution in [3.05, 3.63) is 63.1 Å². The predicted molar refractivity (Wildman–Crippen MR) is 104 cm³/mol. The lowest BCUT2D eigenvalue weighted by Crippen LogP contribution is -2.36. The van der Waals surface area contributed by atoms with Crippen LogP contribution in [0.25, 0.3) is 0 Å². The van der Waals surface area contributed by atoms with E-state index < -0.39 is 29.7 Å². The van der Waals surface area contributed by atoms with Gasteiger partial charge in [0.1, 0.15) is 11.3 Å². The van der Waals surface area contributed by atoms with Crippen molar-refractivity contribution in [2.24, 2.45) is 5.41 Å². The zero-order valence-electron chi connectivity index (χ0n) is 16.8. The number of benzene rings is 1. The van der Waals surface area contributed by atoms with Crippen LogP contribution in [0.4, 0.5) is 13.2 Å². The number of halogens is 3. The van der Waals surface area contributed by atoms with Gasteiger partial charge in [-0.05, 0) is 35.6 Å². The van der Waals surface area contributed by atoms with Crippen molar-refractivity contribution in [3.63, 3.8) is 0 Å². The van der Waals surface area contributed by atoms with Gasteiger partial charge < -0.3 is 20.1 Å². The first-order chi connectivity index (χ1) is 14.3. The largest absolute Gasteiger partial charge is 0.573 e. The van der Waals surface area contributed by atoms with Gasteiger partial charge in [-0.2, -0.15) is 0 Å². The molecule has 3 rings (SSSR count). The summed E-state index contributed by atoms with van der Waals surface area (Å²) < 4.78 is 40.4. The Morgan fingerprint density at radius 3 is 2.48 bits per heavy atom. The Kier molecular flexibility index (Phi) is 5.95. The Bertz CT molecular complexity index is 1060. The highest BCUT2D eigenvalue weighted by atomic mass is 19.4. The smallest absolute Gasteiger partial charge is 0.406 e. The maximum Gasteiger partial charge on any atom is 0.573 e. The minimum Gasteiger partial charge on any atom is -0.406 e. The van der Waals surface area contributed by atoms with Crippen molar-refractivity contribution in [2.45, 2.75) is 39.2 Å². The summed E-state index contributed by atoms with van der Waals surface area (Å²) in [5, 5.41) is 12.6. The Morgan fingerprint density at radius 1 is 1.23 bits per heavy atom. The van der Waals surface area contributed by atoms with Crippen LogP contribution < -0.4 is 15.6 Å². The van der Waals surface area contributed by atoms with Gasteiger partial charge in [-0.1, -0.05) is 26.0 Å². The Balaban J connectivity index is 1.68. The molecule has 3 N–H and O–H groups in total. The Labute approximate surface area is 175 Å². The zero-order valence-corrected chi connectivity index (χ0v) is 16.8. The molecule has 0 aliphatic heterocycles. The van der Waals surface area contributed by atoms with E-state index >= 15 is 0 Å². The van der Waals surface area contributed by atoms with Crippen molar-refractivity contribution >= 4 is 11.7 Å². The van der Waals surface area contributed by atoms with E-state index in [2.05, 4.69) is 15.0 Å². The van der Waals surface area contributed by atoms with Gasteiger partial charge in [-0.3, -0.25) is 14.4 Å². The van der Waals surface area contributed by atoms with Crippen molar-refractivity contribution in [1.29, 1.82) is 0 Å². The van der Waals surface area contributed by atoms with Gasteiger partial charge in [0.15, 0.2) is 5.78 Å². The number of hydrogen-bond acceptors (Lipinski definition) is 5. The minimum absolute atomic E-state index is 0.169. The lowest BCUT2D eigenvalue weighted by molar-refractivity contribution is -0.274. The summed E-state index contributed by atoms with van der Waals surface area (Å²) in [6.45, 7) is 3.53. The molecule has 1 aromatic carbocycles. The molecule has 0 fully saturated rings. The quantitative estimate of drug-likeness (QED) is 0.665. The number of nitrogens with one attached hydrogen (secondary N) is 2. The number of amides is 1. The number of alkyl halides is 3. The van der Waals surface area contributed by atoms with E-state index in [0.29, 0.717) is 24.1 Å². The fraction of sp³-hybridized carbons (Fsp3) is 0.381.